The maximum atomic E-state index is 10.4. The van der Waals surface area contributed by atoms with Gasteiger partial charge in [-0.2, -0.15) is 4.21 Å². The van der Waals surface area contributed by atoms with Gasteiger partial charge in [0.15, 0.2) is 0 Å². The summed E-state index contributed by atoms with van der Waals surface area (Å²) in [5, 5.41) is 16.7. The molecule has 0 spiro atoms. The summed E-state index contributed by atoms with van der Waals surface area (Å²) < 4.78 is 18.7. The molecule has 1 saturated heterocycles. The average molecular weight is 196 g/mol. The first-order valence-electron chi connectivity index (χ1n) is 2.74. The van der Waals surface area contributed by atoms with Gasteiger partial charge >= 0.3 is 23.3 Å². The highest BCUT2D eigenvalue weighted by Crippen LogP contribution is 2.17. The molecular formula is C4H4O7S. The normalized spacial score (nSPS) is 30.3. The quantitative estimate of drug-likeness (QED) is 0.554. The molecule has 1 rings (SSSR count). The Bertz CT molecular complexity index is 224. The topological polar surface area (TPSA) is 110 Å². The third-order valence-electron chi connectivity index (χ3n) is 1.13. The molecule has 0 aliphatic carbocycles. The zero-order valence-electron chi connectivity index (χ0n) is 5.50. The van der Waals surface area contributed by atoms with Gasteiger partial charge in [-0.1, -0.05) is 0 Å². The van der Waals surface area contributed by atoms with Crippen LogP contribution in [0.25, 0.3) is 0 Å². The van der Waals surface area contributed by atoms with Crippen molar-refractivity contribution in [3.63, 3.8) is 0 Å². The molecule has 0 aromatic carbocycles. The molecule has 12 heavy (non-hydrogen) atoms. The first-order chi connectivity index (χ1) is 5.52. The first kappa shape index (κ1) is 9.10. The highest BCUT2D eigenvalue weighted by molar-refractivity contribution is 7.75. The van der Waals surface area contributed by atoms with E-state index in [1.807, 2.05) is 0 Å². The van der Waals surface area contributed by atoms with Gasteiger partial charge in [0, 0.05) is 0 Å². The summed E-state index contributed by atoms with van der Waals surface area (Å²) in [5.41, 5.74) is 0. The van der Waals surface area contributed by atoms with Crippen molar-refractivity contribution in [1.29, 1.82) is 0 Å². The first-order valence-corrected chi connectivity index (χ1v) is 3.74. The van der Waals surface area contributed by atoms with Crippen LogP contribution >= 0.6 is 0 Å². The second-order valence-electron chi connectivity index (χ2n) is 1.91. The van der Waals surface area contributed by atoms with Gasteiger partial charge in [0.25, 0.3) is 0 Å². The third-order valence-corrected chi connectivity index (χ3v) is 1.86. The molecule has 1 aliphatic heterocycles. The zero-order chi connectivity index (χ0) is 9.30. The maximum Gasteiger partial charge on any atom is 0.337 e. The van der Waals surface area contributed by atoms with E-state index in [1.54, 1.807) is 0 Å². The lowest BCUT2D eigenvalue weighted by molar-refractivity contribution is -0.156. The predicted molar refractivity (Wildman–Crippen MR) is 33.2 cm³/mol. The van der Waals surface area contributed by atoms with Gasteiger partial charge < -0.3 is 10.2 Å². The highest BCUT2D eigenvalue weighted by atomic mass is 32.2. The molecule has 8 heteroatoms. The minimum absolute atomic E-state index is 1.52. The van der Waals surface area contributed by atoms with Crippen molar-refractivity contribution in [1.82, 2.24) is 0 Å². The molecule has 0 aromatic rings. The maximum absolute atomic E-state index is 10.4. The third kappa shape index (κ3) is 1.60. The Kier molecular flexibility index (Phi) is 2.40. The summed E-state index contributed by atoms with van der Waals surface area (Å²) in [7, 11) is 0. The largest absolute Gasteiger partial charge is 0.479 e. The van der Waals surface area contributed by atoms with E-state index < -0.39 is 35.5 Å². The van der Waals surface area contributed by atoms with Crippen LogP contribution < -0.4 is 0 Å². The van der Waals surface area contributed by atoms with Crippen molar-refractivity contribution >= 4 is 23.3 Å². The van der Waals surface area contributed by atoms with Crippen molar-refractivity contribution in [2.45, 2.75) is 12.2 Å². The molecule has 2 atom stereocenters. The highest BCUT2D eigenvalue weighted by Gasteiger charge is 2.45. The SMILES string of the molecule is O=C(O)[C@@H]1OS(=O)O[C@H]1C(=O)O. The standard InChI is InChI=1S/C4H4O7S/c5-3(6)1-2(4(7)8)11-12(9)10-1/h1-2H,(H,5,6)(H,7,8)/t1-,2-/m1/s1. The second-order valence-corrected chi connectivity index (χ2v) is 2.71. The Morgan fingerprint density at radius 2 is 1.42 bits per heavy atom. The molecule has 0 amide bonds. The van der Waals surface area contributed by atoms with Crippen molar-refractivity contribution < 1.29 is 32.4 Å². The number of carbonyl (C=O) groups is 2. The van der Waals surface area contributed by atoms with E-state index in [1.165, 1.54) is 0 Å². The van der Waals surface area contributed by atoms with Crippen LogP contribution in [0.4, 0.5) is 0 Å². The Hall–Kier alpha value is -0.990. The Labute approximate surface area is 68.8 Å². The van der Waals surface area contributed by atoms with Gasteiger partial charge in [0.2, 0.25) is 12.2 Å². The summed E-state index contributed by atoms with van der Waals surface area (Å²) in [6.07, 6.45) is -3.41. The van der Waals surface area contributed by atoms with Crippen LogP contribution in [0.1, 0.15) is 0 Å². The van der Waals surface area contributed by atoms with Crippen LogP contribution in [-0.2, 0) is 29.3 Å². The van der Waals surface area contributed by atoms with Gasteiger partial charge in [-0.25, -0.2) is 18.0 Å². The van der Waals surface area contributed by atoms with Crippen molar-refractivity contribution in [2.24, 2.45) is 0 Å². The molecule has 0 radical (unpaired) electrons. The fourth-order valence-electron chi connectivity index (χ4n) is 0.634. The Balaban J connectivity index is 2.79. The molecule has 0 aromatic heterocycles. The second kappa shape index (κ2) is 3.17. The van der Waals surface area contributed by atoms with E-state index >= 15 is 0 Å². The predicted octanol–water partition coefficient (Wildman–Crippen LogP) is -1.48. The number of aliphatic carboxylic acids is 2. The lowest BCUT2D eigenvalue weighted by Gasteiger charge is -2.04. The Morgan fingerprint density at radius 3 is 1.67 bits per heavy atom. The minimum atomic E-state index is -2.29. The minimum Gasteiger partial charge on any atom is -0.479 e. The van der Waals surface area contributed by atoms with Crippen LogP contribution in [0.2, 0.25) is 0 Å². The molecule has 1 aliphatic rings. The van der Waals surface area contributed by atoms with Crippen molar-refractivity contribution in [2.75, 3.05) is 0 Å². The van der Waals surface area contributed by atoms with Crippen LogP contribution in [0.5, 0.6) is 0 Å². The summed E-state index contributed by atoms with van der Waals surface area (Å²) in [6, 6.07) is 0. The van der Waals surface area contributed by atoms with Gasteiger partial charge in [0.05, 0.1) is 0 Å². The molecular weight excluding hydrogens is 192 g/mol. The number of carboxylic acids is 2. The smallest absolute Gasteiger partial charge is 0.337 e. The number of hydrogen-bond acceptors (Lipinski definition) is 5. The lowest BCUT2D eigenvalue weighted by Crippen LogP contribution is -2.36. The van der Waals surface area contributed by atoms with E-state index in [4.69, 9.17) is 10.2 Å². The molecule has 68 valence electrons. The number of carboxylic acid groups (broad SMARTS) is 2. The summed E-state index contributed by atoms with van der Waals surface area (Å²) in [6.45, 7) is 0. The van der Waals surface area contributed by atoms with Gasteiger partial charge in [0.1, 0.15) is 0 Å². The van der Waals surface area contributed by atoms with Crippen LogP contribution in [-0.4, -0.2) is 38.6 Å². The Morgan fingerprint density at radius 1 is 1.08 bits per heavy atom. The van der Waals surface area contributed by atoms with Crippen molar-refractivity contribution in [3.05, 3.63) is 0 Å². The molecule has 0 saturated carbocycles. The van der Waals surface area contributed by atoms with Crippen molar-refractivity contribution in [3.8, 4) is 0 Å². The van der Waals surface area contributed by atoms with E-state index in [9.17, 15) is 13.8 Å². The van der Waals surface area contributed by atoms with E-state index in [0.29, 0.717) is 0 Å². The van der Waals surface area contributed by atoms with Gasteiger partial charge in [-0.15, -0.1) is 0 Å². The summed E-state index contributed by atoms with van der Waals surface area (Å²) >= 11 is -2.29. The molecule has 7 nitrogen and oxygen atoms in total. The number of hydrogen-bond donors (Lipinski definition) is 2. The lowest BCUT2D eigenvalue weighted by atomic mass is 10.2. The van der Waals surface area contributed by atoms with Gasteiger partial charge in [-0.05, 0) is 0 Å². The fourth-order valence-corrected chi connectivity index (χ4v) is 1.38. The van der Waals surface area contributed by atoms with Crippen LogP contribution in [0.3, 0.4) is 0 Å². The zero-order valence-corrected chi connectivity index (χ0v) is 6.32. The van der Waals surface area contributed by atoms with Gasteiger partial charge in [-0.3, -0.25) is 0 Å². The molecule has 0 unspecified atom stereocenters. The number of rotatable bonds is 2. The van der Waals surface area contributed by atoms with E-state index in [2.05, 4.69) is 8.37 Å². The summed E-state index contributed by atoms with van der Waals surface area (Å²) in [4.78, 5) is 20.5. The molecule has 2 N–H and O–H groups in total. The van der Waals surface area contributed by atoms with E-state index in [-0.39, 0.29) is 0 Å². The average Bonchev–Trinajstić information content (AvgIpc) is 2.31. The molecule has 1 heterocycles. The monoisotopic (exact) mass is 196 g/mol. The summed E-state index contributed by atoms with van der Waals surface area (Å²) in [5.74, 6) is -3.04. The molecule has 1 fully saturated rings. The fraction of sp³-hybridized carbons (Fsp3) is 0.500. The van der Waals surface area contributed by atoms with E-state index in [0.717, 1.165) is 0 Å². The molecule has 0 bridgehead atoms. The van der Waals surface area contributed by atoms with Crippen LogP contribution in [0, 0.1) is 0 Å². The van der Waals surface area contributed by atoms with Crippen LogP contribution in [0.15, 0.2) is 0 Å².